The van der Waals surface area contributed by atoms with Crippen LogP contribution in [0.3, 0.4) is 0 Å². The Hall–Kier alpha value is -3.14. The highest BCUT2D eigenvalue weighted by molar-refractivity contribution is 6.43. The van der Waals surface area contributed by atoms with Gasteiger partial charge < -0.3 is 10.6 Å². The lowest BCUT2D eigenvalue weighted by Gasteiger charge is -2.09. The van der Waals surface area contributed by atoms with Gasteiger partial charge in [0.05, 0.1) is 39.8 Å². The molecule has 0 aliphatic rings. The first-order valence-electron chi connectivity index (χ1n) is 7.41. The number of aromatic nitrogens is 2. The lowest BCUT2D eigenvalue weighted by Crippen LogP contribution is -2.14. The SMILES string of the molecule is N#Cc1ccc(NC(=O)c2cnc(Nc3cccc(Cl)c3Cl)cn2)cc1. The van der Waals surface area contributed by atoms with Crippen LogP contribution in [0.1, 0.15) is 16.1 Å². The molecule has 0 aliphatic heterocycles. The van der Waals surface area contributed by atoms with Crippen LogP contribution in [0.25, 0.3) is 0 Å². The minimum absolute atomic E-state index is 0.150. The number of rotatable bonds is 4. The number of carbonyl (C=O) groups is 1. The molecule has 3 rings (SSSR count). The summed E-state index contributed by atoms with van der Waals surface area (Å²) in [5, 5.41) is 15.2. The average molecular weight is 384 g/mol. The lowest BCUT2D eigenvalue weighted by atomic mass is 10.2. The number of nitriles is 1. The van der Waals surface area contributed by atoms with Crippen LogP contribution < -0.4 is 10.6 Å². The summed E-state index contributed by atoms with van der Waals surface area (Å²) in [7, 11) is 0. The first-order valence-corrected chi connectivity index (χ1v) is 8.17. The van der Waals surface area contributed by atoms with Gasteiger partial charge in [-0.25, -0.2) is 9.97 Å². The van der Waals surface area contributed by atoms with E-state index in [1.54, 1.807) is 42.5 Å². The summed E-state index contributed by atoms with van der Waals surface area (Å²) in [6, 6.07) is 13.7. The van der Waals surface area contributed by atoms with E-state index in [0.717, 1.165) is 0 Å². The van der Waals surface area contributed by atoms with Crippen LogP contribution in [0.4, 0.5) is 17.2 Å². The van der Waals surface area contributed by atoms with Crippen LogP contribution in [0, 0.1) is 11.3 Å². The van der Waals surface area contributed by atoms with Gasteiger partial charge in [-0.1, -0.05) is 29.3 Å². The molecule has 0 saturated heterocycles. The first kappa shape index (κ1) is 17.7. The fraction of sp³-hybridized carbons (Fsp3) is 0. The molecular weight excluding hydrogens is 373 g/mol. The van der Waals surface area contributed by atoms with Crippen molar-refractivity contribution in [2.24, 2.45) is 0 Å². The minimum atomic E-state index is -0.408. The van der Waals surface area contributed by atoms with Crippen LogP contribution in [-0.4, -0.2) is 15.9 Å². The minimum Gasteiger partial charge on any atom is -0.338 e. The van der Waals surface area contributed by atoms with Crippen molar-refractivity contribution in [2.75, 3.05) is 10.6 Å². The van der Waals surface area contributed by atoms with Crippen molar-refractivity contribution >= 4 is 46.3 Å². The van der Waals surface area contributed by atoms with Gasteiger partial charge in [0.25, 0.3) is 5.91 Å². The van der Waals surface area contributed by atoms with Gasteiger partial charge in [0, 0.05) is 5.69 Å². The van der Waals surface area contributed by atoms with Gasteiger partial charge in [-0.2, -0.15) is 5.26 Å². The van der Waals surface area contributed by atoms with Crippen molar-refractivity contribution in [1.29, 1.82) is 5.26 Å². The summed E-state index contributed by atoms with van der Waals surface area (Å²) in [4.78, 5) is 20.4. The van der Waals surface area contributed by atoms with Crippen molar-refractivity contribution in [1.82, 2.24) is 9.97 Å². The molecule has 2 aromatic carbocycles. The molecule has 0 saturated carbocycles. The van der Waals surface area contributed by atoms with Gasteiger partial charge in [0.2, 0.25) is 0 Å². The molecule has 0 unspecified atom stereocenters. The van der Waals surface area contributed by atoms with E-state index in [4.69, 9.17) is 28.5 Å². The standard InChI is InChI=1S/C18H11Cl2N5O/c19-13-2-1-3-14(17(13)20)25-16-10-22-15(9-23-16)18(26)24-12-6-4-11(8-21)5-7-12/h1-7,9-10H,(H,23,25)(H,24,26). The van der Waals surface area contributed by atoms with Gasteiger partial charge in [0.1, 0.15) is 11.5 Å². The molecular formula is C18H11Cl2N5O. The second-order valence-electron chi connectivity index (χ2n) is 5.16. The maximum absolute atomic E-state index is 12.2. The Morgan fingerprint density at radius 2 is 1.81 bits per heavy atom. The fourth-order valence-corrected chi connectivity index (χ4v) is 2.42. The van der Waals surface area contributed by atoms with E-state index in [2.05, 4.69) is 20.6 Å². The normalized spacial score (nSPS) is 10.0. The molecule has 128 valence electrons. The van der Waals surface area contributed by atoms with Gasteiger partial charge in [-0.05, 0) is 36.4 Å². The third-order valence-corrected chi connectivity index (χ3v) is 4.19. The Morgan fingerprint density at radius 3 is 2.46 bits per heavy atom. The summed E-state index contributed by atoms with van der Waals surface area (Å²) in [5.41, 5.74) is 1.81. The van der Waals surface area contributed by atoms with E-state index < -0.39 is 5.91 Å². The van der Waals surface area contributed by atoms with Crippen molar-refractivity contribution in [3.05, 3.63) is 76.2 Å². The summed E-state index contributed by atoms with van der Waals surface area (Å²) in [6.07, 6.45) is 2.77. The Kier molecular flexibility index (Phi) is 5.32. The number of hydrogen-bond donors (Lipinski definition) is 2. The van der Waals surface area contributed by atoms with Gasteiger partial charge >= 0.3 is 0 Å². The predicted molar refractivity (Wildman–Crippen MR) is 101 cm³/mol. The first-order chi connectivity index (χ1) is 12.6. The molecule has 1 aromatic heterocycles. The van der Waals surface area contributed by atoms with E-state index in [9.17, 15) is 4.79 Å². The smallest absolute Gasteiger partial charge is 0.275 e. The van der Waals surface area contributed by atoms with Crippen LogP contribution in [0.15, 0.2) is 54.9 Å². The van der Waals surface area contributed by atoms with Crippen LogP contribution in [-0.2, 0) is 0 Å². The molecule has 0 radical (unpaired) electrons. The Balaban J connectivity index is 1.69. The number of nitrogens with zero attached hydrogens (tertiary/aromatic N) is 3. The van der Waals surface area contributed by atoms with Gasteiger partial charge in [-0.15, -0.1) is 0 Å². The molecule has 0 spiro atoms. The molecule has 3 aromatic rings. The highest BCUT2D eigenvalue weighted by Gasteiger charge is 2.10. The molecule has 8 heteroatoms. The average Bonchev–Trinajstić information content (AvgIpc) is 2.66. The van der Waals surface area contributed by atoms with Gasteiger partial charge in [0.15, 0.2) is 0 Å². The summed E-state index contributed by atoms with van der Waals surface area (Å²) in [5.74, 6) is 0.0126. The maximum atomic E-state index is 12.2. The summed E-state index contributed by atoms with van der Waals surface area (Å²) in [6.45, 7) is 0. The highest BCUT2D eigenvalue weighted by Crippen LogP contribution is 2.31. The largest absolute Gasteiger partial charge is 0.338 e. The number of nitrogens with one attached hydrogen (secondary N) is 2. The monoisotopic (exact) mass is 383 g/mol. The topological polar surface area (TPSA) is 90.7 Å². The van der Waals surface area contributed by atoms with Crippen molar-refractivity contribution in [2.45, 2.75) is 0 Å². The second-order valence-corrected chi connectivity index (χ2v) is 5.94. The Labute approximate surface area is 159 Å². The number of benzene rings is 2. The zero-order valence-corrected chi connectivity index (χ0v) is 14.7. The third kappa shape index (κ3) is 4.09. The zero-order valence-electron chi connectivity index (χ0n) is 13.2. The van der Waals surface area contributed by atoms with Crippen molar-refractivity contribution in [3.8, 4) is 6.07 Å². The van der Waals surface area contributed by atoms with E-state index in [0.29, 0.717) is 32.8 Å². The maximum Gasteiger partial charge on any atom is 0.275 e. The molecule has 1 heterocycles. The van der Waals surface area contributed by atoms with Crippen LogP contribution in [0.2, 0.25) is 10.0 Å². The van der Waals surface area contributed by atoms with Crippen LogP contribution >= 0.6 is 23.2 Å². The second kappa shape index (κ2) is 7.83. The fourth-order valence-electron chi connectivity index (χ4n) is 2.07. The van der Waals surface area contributed by atoms with E-state index in [-0.39, 0.29) is 5.69 Å². The van der Waals surface area contributed by atoms with E-state index in [1.165, 1.54) is 12.4 Å². The molecule has 26 heavy (non-hydrogen) atoms. The molecule has 0 aliphatic carbocycles. The number of anilines is 3. The lowest BCUT2D eigenvalue weighted by molar-refractivity contribution is 0.102. The number of carbonyl (C=O) groups excluding carboxylic acids is 1. The van der Waals surface area contributed by atoms with Crippen molar-refractivity contribution < 1.29 is 4.79 Å². The quantitative estimate of drug-likeness (QED) is 0.683. The Morgan fingerprint density at radius 1 is 1.04 bits per heavy atom. The molecule has 2 N–H and O–H groups in total. The predicted octanol–water partition coefficient (Wildman–Crippen LogP) is 4.65. The molecule has 0 fully saturated rings. The van der Waals surface area contributed by atoms with E-state index in [1.807, 2.05) is 6.07 Å². The molecule has 1 amide bonds. The highest BCUT2D eigenvalue weighted by atomic mass is 35.5. The van der Waals surface area contributed by atoms with E-state index >= 15 is 0 Å². The third-order valence-electron chi connectivity index (χ3n) is 3.37. The van der Waals surface area contributed by atoms with Crippen molar-refractivity contribution in [3.63, 3.8) is 0 Å². The molecule has 0 bridgehead atoms. The number of amides is 1. The zero-order chi connectivity index (χ0) is 18.5. The van der Waals surface area contributed by atoms with Gasteiger partial charge in [-0.3, -0.25) is 4.79 Å². The summed E-state index contributed by atoms with van der Waals surface area (Å²) < 4.78 is 0. The van der Waals surface area contributed by atoms with Crippen LogP contribution in [0.5, 0.6) is 0 Å². The summed E-state index contributed by atoms with van der Waals surface area (Å²) >= 11 is 12.1. The molecule has 6 nitrogen and oxygen atoms in total. The Bertz CT molecular complexity index is 982. The number of hydrogen-bond acceptors (Lipinski definition) is 5. The molecule has 0 atom stereocenters. The number of halogens is 2.